The molecule has 0 aliphatic carbocycles. The van der Waals surface area contributed by atoms with E-state index in [9.17, 15) is 4.79 Å². The molecule has 1 aliphatic rings. The Morgan fingerprint density at radius 2 is 2.42 bits per heavy atom. The number of amides is 1. The predicted molar refractivity (Wildman–Crippen MR) is 75.4 cm³/mol. The largest absolute Gasteiger partial charge is 0.377 e. The molecule has 0 saturated carbocycles. The Kier molecular flexibility index (Phi) is 4.63. The molecule has 1 fully saturated rings. The lowest BCUT2D eigenvalue weighted by molar-refractivity contribution is -0.124. The van der Waals surface area contributed by atoms with Crippen molar-refractivity contribution in [3.05, 3.63) is 28.8 Å². The van der Waals surface area contributed by atoms with E-state index in [4.69, 9.17) is 22.1 Å². The highest BCUT2D eigenvalue weighted by atomic mass is 35.5. The Hall–Kier alpha value is -1.30. The van der Waals surface area contributed by atoms with Gasteiger partial charge in [0.2, 0.25) is 5.91 Å². The van der Waals surface area contributed by atoms with Crippen LogP contribution in [0.4, 0.5) is 5.69 Å². The van der Waals surface area contributed by atoms with Crippen LogP contribution in [0.3, 0.4) is 0 Å². The number of benzene rings is 1. The third-order valence-electron chi connectivity index (χ3n) is 3.25. The predicted octanol–water partition coefficient (Wildman–Crippen LogP) is 0.750. The highest BCUT2D eigenvalue weighted by molar-refractivity contribution is 6.30. The van der Waals surface area contributed by atoms with Crippen LogP contribution in [0, 0.1) is 0 Å². The first-order valence-corrected chi connectivity index (χ1v) is 6.59. The van der Waals surface area contributed by atoms with Crippen molar-refractivity contribution >= 4 is 23.2 Å². The lowest BCUT2D eigenvalue weighted by Crippen LogP contribution is -2.53. The van der Waals surface area contributed by atoms with Gasteiger partial charge in [0.25, 0.3) is 0 Å². The summed E-state index contributed by atoms with van der Waals surface area (Å²) in [4.78, 5) is 14.0. The number of carbonyl (C=O) groups excluding carboxylic acids is 1. The summed E-state index contributed by atoms with van der Waals surface area (Å²) in [5, 5.41) is 3.31. The van der Waals surface area contributed by atoms with Gasteiger partial charge in [0.15, 0.2) is 0 Å². The highest BCUT2D eigenvalue weighted by Crippen LogP contribution is 2.27. The van der Waals surface area contributed by atoms with Crippen molar-refractivity contribution in [3.8, 4) is 0 Å². The highest BCUT2D eigenvalue weighted by Gasteiger charge is 2.30. The van der Waals surface area contributed by atoms with Gasteiger partial charge in [0.05, 0.1) is 13.2 Å². The number of nitrogens with zero attached hydrogens (tertiary/aromatic N) is 1. The van der Waals surface area contributed by atoms with Crippen molar-refractivity contribution < 1.29 is 9.53 Å². The molecule has 6 heteroatoms. The van der Waals surface area contributed by atoms with Crippen molar-refractivity contribution in [2.24, 2.45) is 5.73 Å². The summed E-state index contributed by atoms with van der Waals surface area (Å²) in [5.74, 6) is -0.0578. The third-order valence-corrected chi connectivity index (χ3v) is 3.48. The molecule has 1 aromatic rings. The number of halogens is 1. The summed E-state index contributed by atoms with van der Waals surface area (Å²) in [6, 6.07) is 5.23. The molecule has 1 unspecified atom stereocenters. The Labute approximate surface area is 117 Å². The van der Waals surface area contributed by atoms with Gasteiger partial charge in [-0.05, 0) is 23.8 Å². The molecule has 2 rings (SSSR count). The number of rotatable bonds is 3. The summed E-state index contributed by atoms with van der Waals surface area (Å²) >= 11 is 5.98. The number of hydrogen-bond acceptors (Lipinski definition) is 4. The molecule has 0 radical (unpaired) electrons. The van der Waals surface area contributed by atoms with Gasteiger partial charge in [-0.1, -0.05) is 11.6 Å². The standard InChI is InChI=1S/C13H18ClN3O2/c1-16-13(18)12-8-19-5-4-17(12)11-3-2-10(14)6-9(11)7-15/h2-3,6,12H,4-5,7-8,15H2,1H3,(H,16,18). The third kappa shape index (κ3) is 3.00. The first-order chi connectivity index (χ1) is 9.17. The van der Waals surface area contributed by atoms with E-state index in [1.807, 2.05) is 23.1 Å². The molecule has 1 amide bonds. The normalized spacial score (nSPS) is 19.3. The molecular formula is C13H18ClN3O2. The SMILES string of the molecule is CNC(=O)C1COCCN1c1ccc(Cl)cc1CN. The number of anilines is 1. The number of hydrogen-bond donors (Lipinski definition) is 2. The summed E-state index contributed by atoms with van der Waals surface area (Å²) < 4.78 is 5.39. The van der Waals surface area contributed by atoms with Crippen LogP contribution in [0.25, 0.3) is 0 Å². The quantitative estimate of drug-likeness (QED) is 0.859. The van der Waals surface area contributed by atoms with Crippen molar-refractivity contribution in [1.29, 1.82) is 0 Å². The molecule has 0 aromatic heterocycles. The van der Waals surface area contributed by atoms with Crippen molar-refractivity contribution in [1.82, 2.24) is 5.32 Å². The van der Waals surface area contributed by atoms with E-state index in [0.29, 0.717) is 31.3 Å². The van der Waals surface area contributed by atoms with Gasteiger partial charge in [-0.25, -0.2) is 0 Å². The first kappa shape index (κ1) is 14.1. The number of ether oxygens (including phenoxy) is 1. The second kappa shape index (κ2) is 6.23. The second-order valence-electron chi connectivity index (χ2n) is 4.38. The van der Waals surface area contributed by atoms with Gasteiger partial charge >= 0.3 is 0 Å². The van der Waals surface area contributed by atoms with Crippen molar-refractivity contribution in [3.63, 3.8) is 0 Å². The maximum atomic E-state index is 11.9. The Balaban J connectivity index is 2.34. The van der Waals surface area contributed by atoms with E-state index in [0.717, 1.165) is 11.3 Å². The van der Waals surface area contributed by atoms with Gasteiger partial charge in [0.1, 0.15) is 6.04 Å². The number of likely N-dealkylation sites (N-methyl/N-ethyl adjacent to an activating group) is 1. The molecule has 1 heterocycles. The summed E-state index contributed by atoms with van der Waals surface area (Å²) in [6.45, 7) is 2.02. The van der Waals surface area contributed by atoms with Crippen LogP contribution in [-0.4, -0.2) is 38.8 Å². The molecule has 1 atom stereocenters. The van der Waals surface area contributed by atoms with Crippen LogP contribution >= 0.6 is 11.6 Å². The molecule has 0 spiro atoms. The van der Waals surface area contributed by atoms with E-state index in [1.54, 1.807) is 7.05 Å². The lowest BCUT2D eigenvalue weighted by atomic mass is 10.1. The van der Waals surface area contributed by atoms with E-state index >= 15 is 0 Å². The zero-order valence-corrected chi connectivity index (χ0v) is 11.6. The van der Waals surface area contributed by atoms with Gasteiger partial charge in [0, 0.05) is 30.8 Å². The summed E-state index contributed by atoms with van der Waals surface area (Å²) in [7, 11) is 1.63. The number of morpholine rings is 1. The zero-order valence-electron chi connectivity index (χ0n) is 10.9. The van der Waals surface area contributed by atoms with Crippen LogP contribution in [0.1, 0.15) is 5.56 Å². The van der Waals surface area contributed by atoms with Gasteiger partial charge < -0.3 is 20.7 Å². The number of nitrogens with two attached hydrogens (primary N) is 1. The van der Waals surface area contributed by atoms with Gasteiger partial charge in [-0.15, -0.1) is 0 Å². The van der Waals surface area contributed by atoms with Crippen molar-refractivity contribution in [2.75, 3.05) is 31.7 Å². The average molecular weight is 284 g/mol. The van der Waals surface area contributed by atoms with Gasteiger partial charge in [-0.3, -0.25) is 4.79 Å². The Bertz CT molecular complexity index is 467. The zero-order chi connectivity index (χ0) is 13.8. The smallest absolute Gasteiger partial charge is 0.244 e. The number of carbonyl (C=O) groups is 1. The molecule has 1 aliphatic heterocycles. The van der Waals surface area contributed by atoms with E-state index in [2.05, 4.69) is 5.32 Å². The van der Waals surface area contributed by atoms with Crippen LogP contribution in [0.5, 0.6) is 0 Å². The Morgan fingerprint density at radius 3 is 3.11 bits per heavy atom. The molecule has 3 N–H and O–H groups in total. The molecular weight excluding hydrogens is 266 g/mol. The molecule has 0 bridgehead atoms. The van der Waals surface area contributed by atoms with Crippen LogP contribution in [0.15, 0.2) is 18.2 Å². The fourth-order valence-electron chi connectivity index (χ4n) is 2.27. The molecule has 19 heavy (non-hydrogen) atoms. The molecule has 5 nitrogen and oxygen atoms in total. The molecule has 1 aromatic carbocycles. The van der Waals surface area contributed by atoms with Crippen LogP contribution < -0.4 is 16.0 Å². The minimum Gasteiger partial charge on any atom is -0.377 e. The van der Waals surface area contributed by atoms with Crippen molar-refractivity contribution in [2.45, 2.75) is 12.6 Å². The van der Waals surface area contributed by atoms with Crippen LogP contribution in [-0.2, 0) is 16.1 Å². The van der Waals surface area contributed by atoms with Crippen LogP contribution in [0.2, 0.25) is 5.02 Å². The summed E-state index contributed by atoms with van der Waals surface area (Å²) in [6.07, 6.45) is 0. The minimum absolute atomic E-state index is 0.0578. The fraction of sp³-hybridized carbons (Fsp3) is 0.462. The molecule has 104 valence electrons. The maximum Gasteiger partial charge on any atom is 0.244 e. The monoisotopic (exact) mass is 283 g/mol. The average Bonchev–Trinajstić information content (AvgIpc) is 2.46. The molecule has 1 saturated heterocycles. The van der Waals surface area contributed by atoms with E-state index < -0.39 is 0 Å². The topological polar surface area (TPSA) is 67.6 Å². The maximum absolute atomic E-state index is 11.9. The summed E-state index contributed by atoms with van der Waals surface area (Å²) in [5.41, 5.74) is 7.64. The Morgan fingerprint density at radius 1 is 1.63 bits per heavy atom. The first-order valence-electron chi connectivity index (χ1n) is 6.22. The van der Waals surface area contributed by atoms with E-state index in [1.165, 1.54) is 0 Å². The second-order valence-corrected chi connectivity index (χ2v) is 4.81. The number of nitrogens with one attached hydrogen (secondary N) is 1. The minimum atomic E-state index is -0.328. The lowest BCUT2D eigenvalue weighted by Gasteiger charge is -2.37. The fourth-order valence-corrected chi connectivity index (χ4v) is 2.47. The van der Waals surface area contributed by atoms with E-state index in [-0.39, 0.29) is 11.9 Å². The van der Waals surface area contributed by atoms with Gasteiger partial charge in [-0.2, -0.15) is 0 Å².